The Hall–Kier alpha value is -0.220. The van der Waals surface area contributed by atoms with E-state index in [9.17, 15) is 9.36 Å². The lowest BCUT2D eigenvalue weighted by atomic mass is 10.3. The number of hydrogen-bond acceptors (Lipinski definition) is 3. The van der Waals surface area contributed by atoms with E-state index in [0.717, 1.165) is 0 Å². The zero-order chi connectivity index (χ0) is 9.78. The Morgan fingerprint density at radius 3 is 2.25 bits per heavy atom. The average molecular weight is 196 g/mol. The molecule has 2 N–H and O–H groups in total. The number of carbonyl (C=O) groups excluding carboxylic acids is 1. The van der Waals surface area contributed by atoms with Crippen LogP contribution < -0.4 is 0 Å². The van der Waals surface area contributed by atoms with Gasteiger partial charge in [-0.15, -0.1) is 0 Å². The van der Waals surface area contributed by atoms with Gasteiger partial charge in [0.2, 0.25) is 0 Å². The fraction of sp³-hybridized carbons (Fsp3) is 0.833. The van der Waals surface area contributed by atoms with E-state index in [1.165, 1.54) is 0 Å². The van der Waals surface area contributed by atoms with E-state index in [1.54, 1.807) is 13.8 Å². The van der Waals surface area contributed by atoms with Gasteiger partial charge in [-0.25, -0.2) is 0 Å². The van der Waals surface area contributed by atoms with Gasteiger partial charge in [-0.3, -0.25) is 9.36 Å². The van der Waals surface area contributed by atoms with Crippen molar-refractivity contribution in [2.24, 2.45) is 0 Å². The molecule has 0 amide bonds. The van der Waals surface area contributed by atoms with Crippen molar-refractivity contribution in [3.8, 4) is 0 Å². The molecule has 0 aliphatic heterocycles. The van der Waals surface area contributed by atoms with E-state index in [4.69, 9.17) is 14.5 Å². The second-order valence-corrected chi connectivity index (χ2v) is 3.76. The molecule has 0 aromatic heterocycles. The van der Waals surface area contributed by atoms with Crippen LogP contribution in [0.5, 0.6) is 0 Å². The van der Waals surface area contributed by atoms with Gasteiger partial charge in [-0.05, 0) is 13.3 Å². The van der Waals surface area contributed by atoms with Gasteiger partial charge in [0.1, 0.15) is 6.10 Å². The van der Waals surface area contributed by atoms with Crippen LogP contribution in [0, 0.1) is 0 Å². The number of hydrogen-bond donors (Lipinski definition) is 2. The summed E-state index contributed by atoms with van der Waals surface area (Å²) in [4.78, 5) is 27.9. The van der Waals surface area contributed by atoms with Crippen LogP contribution in [0.3, 0.4) is 0 Å². The second-order valence-electron chi connectivity index (χ2n) is 2.23. The van der Waals surface area contributed by atoms with E-state index in [0.29, 0.717) is 0 Å². The summed E-state index contributed by atoms with van der Waals surface area (Å²) in [7, 11) is -4.62. The van der Waals surface area contributed by atoms with Crippen molar-refractivity contribution < 1.29 is 23.9 Å². The first-order valence-corrected chi connectivity index (χ1v) is 5.26. The van der Waals surface area contributed by atoms with Gasteiger partial charge in [-0.2, -0.15) is 0 Å². The highest BCUT2D eigenvalue weighted by Gasteiger charge is 2.32. The molecular formula is C6H13O5P. The third kappa shape index (κ3) is 3.45. The van der Waals surface area contributed by atoms with Crippen molar-refractivity contribution in [3.63, 3.8) is 0 Å². The van der Waals surface area contributed by atoms with Gasteiger partial charge >= 0.3 is 7.60 Å². The fourth-order valence-corrected chi connectivity index (χ4v) is 1.38. The van der Waals surface area contributed by atoms with Gasteiger partial charge in [-0.1, -0.05) is 6.92 Å². The predicted octanol–water partition coefficient (Wildman–Crippen LogP) is 0.506. The lowest BCUT2D eigenvalue weighted by Gasteiger charge is -2.13. The van der Waals surface area contributed by atoms with Crippen molar-refractivity contribution >= 4 is 13.1 Å². The highest BCUT2D eigenvalue weighted by Crippen LogP contribution is 2.38. The minimum atomic E-state index is -4.62. The van der Waals surface area contributed by atoms with Crippen LogP contribution in [0.1, 0.15) is 20.3 Å². The van der Waals surface area contributed by atoms with Crippen LogP contribution in [0.4, 0.5) is 0 Å². The van der Waals surface area contributed by atoms with Gasteiger partial charge in [0, 0.05) is 6.61 Å². The Morgan fingerprint density at radius 1 is 1.50 bits per heavy atom. The van der Waals surface area contributed by atoms with E-state index in [2.05, 4.69) is 0 Å². The van der Waals surface area contributed by atoms with Crippen LogP contribution in [0.2, 0.25) is 0 Å². The maximum absolute atomic E-state index is 10.9. The van der Waals surface area contributed by atoms with Gasteiger partial charge < -0.3 is 14.5 Å². The molecule has 0 aliphatic rings. The molecule has 0 spiro atoms. The number of carbonyl (C=O) groups is 1. The first-order valence-electron chi connectivity index (χ1n) is 3.65. The molecule has 72 valence electrons. The molecule has 0 radical (unpaired) electrons. The van der Waals surface area contributed by atoms with E-state index < -0.39 is 19.2 Å². The van der Waals surface area contributed by atoms with Crippen molar-refractivity contribution in [1.29, 1.82) is 0 Å². The lowest BCUT2D eigenvalue weighted by molar-refractivity contribution is -0.124. The Bertz CT molecular complexity index is 196. The van der Waals surface area contributed by atoms with Crippen molar-refractivity contribution in [1.82, 2.24) is 0 Å². The summed E-state index contributed by atoms with van der Waals surface area (Å²) >= 11 is 0. The van der Waals surface area contributed by atoms with Crippen LogP contribution in [0.15, 0.2) is 0 Å². The molecule has 0 aliphatic carbocycles. The van der Waals surface area contributed by atoms with Gasteiger partial charge in [0.05, 0.1) is 0 Å². The summed E-state index contributed by atoms with van der Waals surface area (Å²) < 4.78 is 15.3. The van der Waals surface area contributed by atoms with Crippen LogP contribution in [-0.4, -0.2) is 28.0 Å². The summed E-state index contributed by atoms with van der Waals surface area (Å²) in [5, 5.41) is 0. The molecule has 6 heteroatoms. The molecule has 0 rings (SSSR count). The molecule has 0 saturated carbocycles. The van der Waals surface area contributed by atoms with Crippen LogP contribution in [-0.2, 0) is 14.1 Å². The zero-order valence-corrected chi connectivity index (χ0v) is 7.95. The maximum Gasteiger partial charge on any atom is 0.394 e. The normalized spacial score (nSPS) is 14.3. The summed E-state index contributed by atoms with van der Waals surface area (Å²) in [6.45, 7) is 3.56. The molecule has 12 heavy (non-hydrogen) atoms. The molecule has 1 atom stereocenters. The summed E-state index contributed by atoms with van der Waals surface area (Å²) in [5.41, 5.74) is -1.13. The minimum Gasteiger partial charge on any atom is -0.370 e. The molecule has 0 bridgehead atoms. The molecule has 0 aromatic carbocycles. The average Bonchev–Trinajstić information content (AvgIpc) is 1.97. The molecule has 5 nitrogen and oxygen atoms in total. The van der Waals surface area contributed by atoms with Crippen molar-refractivity contribution in [2.75, 3.05) is 6.61 Å². The highest BCUT2D eigenvalue weighted by atomic mass is 31.2. The largest absolute Gasteiger partial charge is 0.394 e. The monoisotopic (exact) mass is 196 g/mol. The van der Waals surface area contributed by atoms with Crippen LogP contribution >= 0.6 is 7.60 Å². The quantitative estimate of drug-likeness (QED) is 0.625. The van der Waals surface area contributed by atoms with E-state index in [1.807, 2.05) is 0 Å². The first-order chi connectivity index (χ1) is 5.43. The van der Waals surface area contributed by atoms with E-state index >= 15 is 0 Å². The minimum absolute atomic E-state index is 0.268. The molecule has 1 unspecified atom stereocenters. The van der Waals surface area contributed by atoms with E-state index in [-0.39, 0.29) is 13.0 Å². The maximum atomic E-state index is 10.9. The Labute approximate surface area is 70.9 Å². The van der Waals surface area contributed by atoms with Crippen LogP contribution in [0.25, 0.3) is 0 Å². The topological polar surface area (TPSA) is 83.8 Å². The molecule has 0 saturated heterocycles. The molecular weight excluding hydrogens is 183 g/mol. The molecule has 0 fully saturated rings. The Balaban J connectivity index is 4.32. The predicted molar refractivity (Wildman–Crippen MR) is 42.8 cm³/mol. The number of ether oxygens (including phenoxy) is 1. The van der Waals surface area contributed by atoms with Crippen molar-refractivity contribution in [2.45, 2.75) is 26.4 Å². The van der Waals surface area contributed by atoms with Crippen molar-refractivity contribution in [3.05, 3.63) is 0 Å². The highest BCUT2D eigenvalue weighted by molar-refractivity contribution is 7.70. The fourth-order valence-electron chi connectivity index (χ4n) is 0.753. The van der Waals surface area contributed by atoms with Gasteiger partial charge in [0.25, 0.3) is 5.52 Å². The SMILES string of the molecule is CCOC(CC)C(=O)P(=O)(O)O. The summed E-state index contributed by atoms with van der Waals surface area (Å²) in [6.07, 6.45) is -0.701. The summed E-state index contributed by atoms with van der Waals surface area (Å²) in [6, 6.07) is 0. The number of rotatable bonds is 5. The third-order valence-electron chi connectivity index (χ3n) is 1.30. The van der Waals surface area contributed by atoms with Gasteiger partial charge in [0.15, 0.2) is 0 Å². The zero-order valence-electron chi connectivity index (χ0n) is 7.06. The second kappa shape index (κ2) is 4.72. The third-order valence-corrected chi connectivity index (χ3v) is 2.16. The molecule has 0 aromatic rings. The lowest BCUT2D eigenvalue weighted by Crippen LogP contribution is -2.23. The summed E-state index contributed by atoms with van der Waals surface area (Å²) in [5.74, 6) is 0. The Kier molecular flexibility index (Phi) is 4.63. The Morgan fingerprint density at radius 2 is 2.00 bits per heavy atom. The standard InChI is InChI=1S/C6H13O5P/c1-3-5(11-4-2)6(7)12(8,9)10/h5H,3-4H2,1-2H3,(H2,8,9,10). The smallest absolute Gasteiger partial charge is 0.370 e. The molecule has 0 heterocycles. The first kappa shape index (κ1) is 11.8.